The highest BCUT2D eigenvalue weighted by atomic mass is 31.2. The Morgan fingerprint density at radius 2 is 0.620 bits per heavy atom. The van der Waals surface area contributed by atoms with Crippen LogP contribution in [0.1, 0.15) is 373 Å². The first-order chi connectivity index (χ1) is 45.0. The number of carbonyl (C=O) groups is 2. The lowest BCUT2D eigenvalue weighted by atomic mass is 10.0. The van der Waals surface area contributed by atoms with Gasteiger partial charge in [0.15, 0.2) is 6.10 Å². The van der Waals surface area contributed by atoms with Gasteiger partial charge in [0.1, 0.15) is 19.8 Å². The fourth-order valence-electron chi connectivity index (χ4n) is 11.5. The predicted octanol–water partition coefficient (Wildman–Crippen LogP) is 26.1. The van der Waals surface area contributed by atoms with Gasteiger partial charge >= 0.3 is 19.8 Å². The zero-order valence-corrected chi connectivity index (χ0v) is 62.2. The fraction of sp³-hybridized carbons (Fsp3) is 0.805. The third kappa shape index (κ3) is 76.2. The highest BCUT2D eigenvalue weighted by Crippen LogP contribution is 2.43. The Hall–Kier alpha value is -2.81. The van der Waals surface area contributed by atoms with Gasteiger partial charge in [-0.05, 0) is 70.6 Å². The summed E-state index contributed by atoms with van der Waals surface area (Å²) in [4.78, 5) is 36.0. The molecule has 0 aliphatic rings. The average Bonchev–Trinajstić information content (AvgIpc) is 2.14. The molecule has 2 atom stereocenters. The molecule has 0 heterocycles. The van der Waals surface area contributed by atoms with Crippen molar-refractivity contribution in [1.29, 1.82) is 0 Å². The number of hydrogen-bond acceptors (Lipinski definition) is 7. The molecule has 0 spiro atoms. The van der Waals surface area contributed by atoms with Crippen LogP contribution in [0.15, 0.2) is 85.1 Å². The van der Waals surface area contributed by atoms with E-state index in [0.717, 1.165) is 89.9 Å². The molecule has 0 fully saturated rings. The van der Waals surface area contributed by atoms with Crippen LogP contribution in [0, 0.1) is 0 Å². The maximum Gasteiger partial charge on any atom is 0.472 e. The van der Waals surface area contributed by atoms with E-state index in [-0.39, 0.29) is 32.0 Å². The summed E-state index contributed by atoms with van der Waals surface area (Å²) in [5.74, 6) is -0.792. The molecule has 0 saturated heterocycles. The molecule has 10 heteroatoms. The number of phosphoric ester groups is 1. The summed E-state index contributed by atoms with van der Waals surface area (Å²) >= 11 is 0. The fourth-order valence-corrected chi connectivity index (χ4v) is 12.2. The largest absolute Gasteiger partial charge is 0.472 e. The van der Waals surface area contributed by atoms with Crippen LogP contribution in [0.3, 0.4) is 0 Å². The van der Waals surface area contributed by atoms with Gasteiger partial charge in [0.05, 0.1) is 27.7 Å². The number of quaternary nitrogens is 1. The first kappa shape index (κ1) is 89.2. The second-order valence-corrected chi connectivity index (χ2v) is 29.2. The van der Waals surface area contributed by atoms with E-state index in [2.05, 4.69) is 98.9 Å². The number of ether oxygens (including phenoxy) is 2. The molecule has 0 aromatic carbocycles. The van der Waals surface area contributed by atoms with Crippen LogP contribution >= 0.6 is 7.82 Å². The molecule has 0 rings (SSSR count). The van der Waals surface area contributed by atoms with Crippen LogP contribution in [0.5, 0.6) is 0 Å². The van der Waals surface area contributed by atoms with Gasteiger partial charge in [-0.1, -0.05) is 375 Å². The molecule has 536 valence electrons. The van der Waals surface area contributed by atoms with Gasteiger partial charge in [-0.15, -0.1) is 0 Å². The zero-order valence-electron chi connectivity index (χ0n) is 61.3. The minimum Gasteiger partial charge on any atom is -0.462 e. The van der Waals surface area contributed by atoms with Crippen molar-refractivity contribution in [3.05, 3.63) is 85.1 Å². The number of rotatable bonds is 73. The summed E-state index contributed by atoms with van der Waals surface area (Å²) in [5, 5.41) is 0. The number of nitrogens with zero attached hydrogens (tertiary/aromatic N) is 1. The Morgan fingerprint density at radius 1 is 0.348 bits per heavy atom. The lowest BCUT2D eigenvalue weighted by Gasteiger charge is -2.24. The molecule has 0 radical (unpaired) electrons. The van der Waals surface area contributed by atoms with Gasteiger partial charge in [-0.2, -0.15) is 0 Å². The molecular formula is C82H151NO8P+. The first-order valence-electron chi connectivity index (χ1n) is 39.3. The van der Waals surface area contributed by atoms with Gasteiger partial charge < -0.3 is 18.9 Å². The number of allylic oxidation sites excluding steroid dienone is 14. The van der Waals surface area contributed by atoms with E-state index in [1.165, 1.54) is 250 Å². The van der Waals surface area contributed by atoms with E-state index in [1.54, 1.807) is 0 Å². The van der Waals surface area contributed by atoms with Crippen LogP contribution in [0.25, 0.3) is 0 Å². The van der Waals surface area contributed by atoms with Gasteiger partial charge in [-0.25, -0.2) is 4.57 Å². The van der Waals surface area contributed by atoms with Gasteiger partial charge in [0.2, 0.25) is 0 Å². The molecule has 0 aliphatic carbocycles. The number of likely N-dealkylation sites (N-methyl/N-ethyl adjacent to an activating group) is 1. The standard InChI is InChI=1S/C82H150NO8P/c1-6-8-10-12-14-16-18-20-22-24-26-28-30-32-34-36-38-39-40-41-42-43-45-46-48-50-52-54-56-58-60-62-64-66-68-70-72-74-81(84)88-78-80(79-90-92(86,87)89-77-76-83(3,4)5)91-82(85)75-73-71-69-67-65-63-61-59-57-55-53-51-49-47-44-37-35-33-31-29-27-25-23-21-19-17-15-13-11-9-7-2/h9,11,15,17,21,23,27,29,33,35,44,47,51,53,80H,6-8,10,12-14,16,18-20,22,24-26,28,30-32,34,36-43,45-46,48-50,52,54-79H2,1-5H3/p+1/b11-9-,17-15-,23-21-,29-27-,35-33-,47-44-,53-51-. The second-order valence-electron chi connectivity index (χ2n) is 27.7. The summed E-state index contributed by atoms with van der Waals surface area (Å²) in [6.07, 6.45) is 100. The van der Waals surface area contributed by atoms with Gasteiger partial charge in [-0.3, -0.25) is 18.6 Å². The van der Waals surface area contributed by atoms with Crippen molar-refractivity contribution >= 4 is 19.8 Å². The van der Waals surface area contributed by atoms with Crippen molar-refractivity contribution in [2.45, 2.75) is 380 Å². The quantitative estimate of drug-likeness (QED) is 0.0211. The van der Waals surface area contributed by atoms with Crippen LogP contribution in [-0.4, -0.2) is 74.9 Å². The van der Waals surface area contributed by atoms with Crippen molar-refractivity contribution < 1.29 is 42.1 Å². The number of unbranched alkanes of at least 4 members (excludes halogenated alkanes) is 45. The summed E-state index contributed by atoms with van der Waals surface area (Å²) in [6, 6.07) is 0. The van der Waals surface area contributed by atoms with Crippen molar-refractivity contribution in [3.8, 4) is 0 Å². The smallest absolute Gasteiger partial charge is 0.462 e. The first-order valence-corrected chi connectivity index (χ1v) is 40.8. The average molecular weight is 1310 g/mol. The van der Waals surface area contributed by atoms with Crippen molar-refractivity contribution in [2.75, 3.05) is 47.5 Å². The van der Waals surface area contributed by atoms with E-state index in [0.29, 0.717) is 17.4 Å². The number of phosphoric acid groups is 1. The van der Waals surface area contributed by atoms with Crippen LogP contribution < -0.4 is 0 Å². The Labute approximate surface area is 571 Å². The van der Waals surface area contributed by atoms with Crippen LogP contribution in [-0.2, 0) is 32.7 Å². The van der Waals surface area contributed by atoms with Gasteiger partial charge in [0, 0.05) is 12.8 Å². The Balaban J connectivity index is 3.96. The van der Waals surface area contributed by atoms with Gasteiger partial charge in [0.25, 0.3) is 0 Å². The molecule has 0 amide bonds. The van der Waals surface area contributed by atoms with E-state index >= 15 is 0 Å². The summed E-state index contributed by atoms with van der Waals surface area (Å²) in [7, 11) is 1.48. The third-order valence-corrected chi connectivity index (χ3v) is 18.4. The molecule has 9 nitrogen and oxygen atoms in total. The van der Waals surface area contributed by atoms with E-state index in [9.17, 15) is 19.0 Å². The Morgan fingerprint density at radius 3 is 0.924 bits per heavy atom. The summed E-state index contributed by atoms with van der Waals surface area (Å²) in [5.41, 5.74) is 0. The summed E-state index contributed by atoms with van der Waals surface area (Å²) < 4.78 is 34.8. The molecule has 92 heavy (non-hydrogen) atoms. The molecular weight excluding hydrogens is 1160 g/mol. The molecule has 0 saturated carbocycles. The number of hydrogen-bond donors (Lipinski definition) is 1. The maximum atomic E-state index is 12.9. The monoisotopic (exact) mass is 1310 g/mol. The molecule has 2 unspecified atom stereocenters. The van der Waals surface area contributed by atoms with E-state index in [4.69, 9.17) is 18.5 Å². The molecule has 0 aromatic rings. The molecule has 0 aliphatic heterocycles. The normalized spacial score (nSPS) is 13.5. The van der Waals surface area contributed by atoms with E-state index < -0.39 is 26.5 Å². The second kappa shape index (κ2) is 72.5. The highest BCUT2D eigenvalue weighted by molar-refractivity contribution is 7.47. The third-order valence-electron chi connectivity index (χ3n) is 17.4. The molecule has 1 N–H and O–H groups in total. The van der Waals surface area contributed by atoms with Crippen molar-refractivity contribution in [3.63, 3.8) is 0 Å². The van der Waals surface area contributed by atoms with E-state index in [1.807, 2.05) is 21.1 Å². The Kier molecular flexibility index (Phi) is 70.2. The van der Waals surface area contributed by atoms with Crippen molar-refractivity contribution in [2.24, 2.45) is 0 Å². The topological polar surface area (TPSA) is 108 Å². The predicted molar refractivity (Wildman–Crippen MR) is 399 cm³/mol. The summed E-state index contributed by atoms with van der Waals surface area (Å²) in [6.45, 7) is 4.36. The minimum atomic E-state index is -4.40. The molecule has 0 bridgehead atoms. The number of esters is 2. The highest BCUT2D eigenvalue weighted by Gasteiger charge is 2.27. The lowest BCUT2D eigenvalue weighted by molar-refractivity contribution is -0.870. The van der Waals surface area contributed by atoms with Crippen molar-refractivity contribution in [1.82, 2.24) is 0 Å². The molecule has 0 aromatic heterocycles. The lowest BCUT2D eigenvalue weighted by Crippen LogP contribution is -2.37. The minimum absolute atomic E-state index is 0.0287. The zero-order chi connectivity index (χ0) is 66.9. The van der Waals surface area contributed by atoms with Crippen LogP contribution in [0.4, 0.5) is 0 Å². The van der Waals surface area contributed by atoms with Crippen LogP contribution in [0.2, 0.25) is 0 Å². The number of carbonyl (C=O) groups excluding carboxylic acids is 2. The maximum absolute atomic E-state index is 12.9. The Bertz CT molecular complexity index is 1830. The SMILES string of the molecule is CC/C=C\C/C=C\C/C=C\C/C=C\C/C=C\C/C=C\C/C=C\CCCCCCCCCCCC(=O)OC(COC(=O)CCCCCCCCCCCCCCCCCCCCCCCCCCCCCCCCCCCCCCC)COP(=O)(O)OCC[N+](C)(C)C.